The quantitative estimate of drug-likeness (QED) is 0.860. The number of aliphatic hydroxyl groups is 1. The van der Waals surface area contributed by atoms with Crippen molar-refractivity contribution in [1.82, 2.24) is 4.90 Å². The van der Waals surface area contributed by atoms with E-state index in [9.17, 15) is 20.0 Å². The standard InChI is InChI=1S/C17H19N3O3/c1-11(2)17(3,10-18)20-15(22)8-14(16(20)23)19-13-7-5-4-6-12(13)9-21/h4-7,11,21H,8-9H2,1-3H3. The number of nitrogens with zero attached hydrogens (tertiary/aromatic N) is 3. The topological polar surface area (TPSA) is 93.8 Å². The fraction of sp³-hybridized carbons (Fsp3) is 0.412. The average molecular weight is 313 g/mol. The zero-order valence-corrected chi connectivity index (χ0v) is 13.4. The number of para-hydroxylation sites is 1. The van der Waals surface area contributed by atoms with Gasteiger partial charge in [-0.3, -0.25) is 14.5 Å². The smallest absolute Gasteiger partial charge is 0.276 e. The Balaban J connectivity index is 2.43. The van der Waals surface area contributed by atoms with Gasteiger partial charge in [0.2, 0.25) is 5.91 Å². The SMILES string of the molecule is CC(C)C(C)(C#N)N1C(=O)CC(=Nc2ccccc2CO)C1=O. The van der Waals surface area contributed by atoms with Crippen LogP contribution in [0.4, 0.5) is 5.69 Å². The maximum absolute atomic E-state index is 12.6. The molecule has 6 nitrogen and oxygen atoms in total. The fourth-order valence-electron chi connectivity index (χ4n) is 2.43. The number of nitriles is 1. The zero-order chi connectivity index (χ0) is 17.2. The van der Waals surface area contributed by atoms with E-state index in [2.05, 4.69) is 11.1 Å². The number of hydrogen-bond acceptors (Lipinski definition) is 5. The lowest BCUT2D eigenvalue weighted by molar-refractivity contribution is -0.143. The van der Waals surface area contributed by atoms with Gasteiger partial charge in [-0.1, -0.05) is 32.0 Å². The molecule has 1 saturated heterocycles. The Labute approximate surface area is 135 Å². The van der Waals surface area contributed by atoms with E-state index < -0.39 is 17.4 Å². The van der Waals surface area contributed by atoms with Gasteiger partial charge in [0.25, 0.3) is 5.91 Å². The number of imide groups is 1. The van der Waals surface area contributed by atoms with E-state index >= 15 is 0 Å². The van der Waals surface area contributed by atoms with Crippen LogP contribution in [0.2, 0.25) is 0 Å². The summed E-state index contributed by atoms with van der Waals surface area (Å²) in [6.45, 7) is 4.96. The number of rotatable bonds is 4. The van der Waals surface area contributed by atoms with E-state index in [0.29, 0.717) is 11.3 Å². The molecule has 0 spiro atoms. The normalized spacial score (nSPS) is 19.3. The lowest BCUT2D eigenvalue weighted by Crippen LogP contribution is -2.52. The van der Waals surface area contributed by atoms with E-state index in [-0.39, 0.29) is 24.7 Å². The van der Waals surface area contributed by atoms with E-state index in [0.717, 1.165) is 4.90 Å². The van der Waals surface area contributed by atoms with Crippen molar-refractivity contribution in [3.63, 3.8) is 0 Å². The average Bonchev–Trinajstić information content (AvgIpc) is 2.81. The van der Waals surface area contributed by atoms with Crippen LogP contribution in [0.15, 0.2) is 29.3 Å². The molecule has 23 heavy (non-hydrogen) atoms. The first-order valence-electron chi connectivity index (χ1n) is 7.40. The molecule has 1 fully saturated rings. The fourth-order valence-corrected chi connectivity index (χ4v) is 2.43. The molecule has 1 N–H and O–H groups in total. The van der Waals surface area contributed by atoms with E-state index in [1.165, 1.54) is 0 Å². The first-order chi connectivity index (χ1) is 10.8. The van der Waals surface area contributed by atoms with Crippen molar-refractivity contribution in [1.29, 1.82) is 5.26 Å². The largest absolute Gasteiger partial charge is 0.392 e. The van der Waals surface area contributed by atoms with Gasteiger partial charge in [0, 0.05) is 5.56 Å². The summed E-state index contributed by atoms with van der Waals surface area (Å²) in [5.74, 6) is -1.17. The van der Waals surface area contributed by atoms with Crippen molar-refractivity contribution in [2.45, 2.75) is 39.3 Å². The summed E-state index contributed by atoms with van der Waals surface area (Å²) in [6.07, 6.45) is -0.136. The summed E-state index contributed by atoms with van der Waals surface area (Å²) < 4.78 is 0. The second-order valence-electron chi connectivity index (χ2n) is 5.97. The summed E-state index contributed by atoms with van der Waals surface area (Å²) in [5, 5.41) is 18.8. The highest BCUT2D eigenvalue weighted by molar-refractivity contribution is 6.49. The van der Waals surface area contributed by atoms with Crippen LogP contribution in [-0.4, -0.2) is 33.1 Å². The first kappa shape index (κ1) is 16.8. The molecule has 1 aliphatic rings. The lowest BCUT2D eigenvalue weighted by atomic mass is 9.88. The van der Waals surface area contributed by atoms with Crippen LogP contribution in [-0.2, 0) is 16.2 Å². The Bertz CT molecular complexity index is 718. The number of carbonyl (C=O) groups excluding carboxylic acids is 2. The number of likely N-dealkylation sites (tertiary alicyclic amines) is 1. The van der Waals surface area contributed by atoms with Crippen LogP contribution in [0.3, 0.4) is 0 Å². The molecule has 1 aromatic carbocycles. The van der Waals surface area contributed by atoms with Gasteiger partial charge in [-0.2, -0.15) is 5.26 Å². The monoisotopic (exact) mass is 313 g/mol. The third-order valence-corrected chi connectivity index (χ3v) is 4.25. The van der Waals surface area contributed by atoms with Gasteiger partial charge < -0.3 is 5.11 Å². The minimum Gasteiger partial charge on any atom is -0.392 e. The van der Waals surface area contributed by atoms with Crippen molar-refractivity contribution in [2.75, 3.05) is 0 Å². The third kappa shape index (κ3) is 2.88. The number of carbonyl (C=O) groups is 2. The second-order valence-corrected chi connectivity index (χ2v) is 5.97. The van der Waals surface area contributed by atoms with Crippen molar-refractivity contribution < 1.29 is 14.7 Å². The highest BCUT2D eigenvalue weighted by Gasteiger charge is 2.48. The summed E-state index contributed by atoms with van der Waals surface area (Å²) in [6, 6.07) is 8.95. The number of hydrogen-bond donors (Lipinski definition) is 1. The minimum atomic E-state index is -1.21. The molecule has 120 valence electrons. The number of amides is 2. The van der Waals surface area contributed by atoms with Crippen molar-refractivity contribution in [2.24, 2.45) is 10.9 Å². The summed E-state index contributed by atoms with van der Waals surface area (Å²) >= 11 is 0. The Kier molecular flexibility index (Phi) is 4.62. The number of benzene rings is 1. The highest BCUT2D eigenvalue weighted by atomic mass is 16.3. The molecule has 6 heteroatoms. The molecule has 2 rings (SSSR count). The van der Waals surface area contributed by atoms with Crippen molar-refractivity contribution in [3.05, 3.63) is 29.8 Å². The molecule has 1 unspecified atom stereocenters. The molecule has 0 radical (unpaired) electrons. The molecule has 1 aliphatic heterocycles. The molecule has 1 aromatic rings. The number of aliphatic imine (C=N–C) groups is 1. The van der Waals surface area contributed by atoms with Crippen LogP contribution in [0, 0.1) is 17.2 Å². The maximum Gasteiger partial charge on any atom is 0.276 e. The Hall–Kier alpha value is -2.52. The van der Waals surface area contributed by atoms with Crippen molar-refractivity contribution in [3.8, 4) is 6.07 Å². The molecule has 1 atom stereocenters. The molecule has 0 aliphatic carbocycles. The summed E-state index contributed by atoms with van der Waals surface area (Å²) in [4.78, 5) is 30.1. The van der Waals surface area contributed by atoms with Gasteiger partial charge in [-0.15, -0.1) is 0 Å². The number of aliphatic hydroxyl groups excluding tert-OH is 1. The minimum absolute atomic E-state index is 0.0954. The predicted octanol–water partition coefficient (Wildman–Crippen LogP) is 1.95. The molecule has 2 amide bonds. The molecular weight excluding hydrogens is 294 g/mol. The van der Waals surface area contributed by atoms with Gasteiger partial charge in [-0.25, -0.2) is 4.99 Å². The highest BCUT2D eigenvalue weighted by Crippen LogP contribution is 2.30. The first-order valence-corrected chi connectivity index (χ1v) is 7.40. The Morgan fingerprint density at radius 1 is 1.39 bits per heavy atom. The van der Waals surface area contributed by atoms with E-state index in [1.807, 2.05) is 0 Å². The molecule has 0 bridgehead atoms. The lowest BCUT2D eigenvalue weighted by Gasteiger charge is -2.33. The van der Waals surface area contributed by atoms with E-state index in [1.54, 1.807) is 45.0 Å². The van der Waals surface area contributed by atoms with Crippen molar-refractivity contribution >= 4 is 23.2 Å². The van der Waals surface area contributed by atoms with Gasteiger partial charge in [0.1, 0.15) is 11.3 Å². The van der Waals surface area contributed by atoms with E-state index in [4.69, 9.17) is 0 Å². The van der Waals surface area contributed by atoms with Gasteiger partial charge in [-0.05, 0) is 18.9 Å². The van der Waals surface area contributed by atoms with Crippen LogP contribution < -0.4 is 0 Å². The van der Waals surface area contributed by atoms with Crippen LogP contribution in [0.5, 0.6) is 0 Å². The Morgan fingerprint density at radius 2 is 2.04 bits per heavy atom. The molecule has 0 aromatic heterocycles. The molecule has 0 saturated carbocycles. The Morgan fingerprint density at radius 3 is 2.61 bits per heavy atom. The second kappa shape index (κ2) is 6.31. The van der Waals surface area contributed by atoms with Crippen LogP contribution in [0.25, 0.3) is 0 Å². The van der Waals surface area contributed by atoms with Crippen LogP contribution in [0.1, 0.15) is 32.8 Å². The molecule has 1 heterocycles. The third-order valence-electron chi connectivity index (χ3n) is 4.25. The van der Waals surface area contributed by atoms with Gasteiger partial charge in [0.05, 0.1) is 24.8 Å². The molecular formula is C17H19N3O3. The predicted molar refractivity (Wildman–Crippen MR) is 84.8 cm³/mol. The maximum atomic E-state index is 12.6. The summed E-state index contributed by atoms with van der Waals surface area (Å²) in [7, 11) is 0. The van der Waals surface area contributed by atoms with Gasteiger partial charge in [0.15, 0.2) is 0 Å². The zero-order valence-electron chi connectivity index (χ0n) is 13.4. The van der Waals surface area contributed by atoms with Crippen LogP contribution >= 0.6 is 0 Å². The van der Waals surface area contributed by atoms with Gasteiger partial charge >= 0.3 is 0 Å². The summed E-state index contributed by atoms with van der Waals surface area (Å²) in [5.41, 5.74) is -0.0816.